The second kappa shape index (κ2) is 3.72. The first-order valence-electron chi connectivity index (χ1n) is 3.63. The predicted octanol–water partition coefficient (Wildman–Crippen LogP) is 2.25. The van der Waals surface area contributed by atoms with Gasteiger partial charge in [-0.2, -0.15) is 0 Å². The van der Waals surface area contributed by atoms with E-state index in [1.54, 1.807) is 7.11 Å². The minimum absolute atomic E-state index is 0.428. The van der Waals surface area contributed by atoms with Gasteiger partial charge >= 0.3 is 0 Å². The molecule has 2 nitrogen and oxygen atoms in total. The molecular weight excluding hydrogens is 150 g/mol. The number of rotatable bonds is 3. The number of allylic oxidation sites excluding steroid dienone is 1. The summed E-state index contributed by atoms with van der Waals surface area (Å²) in [5.41, 5.74) is 1.28. The molecule has 1 N–H and O–H groups in total. The van der Waals surface area contributed by atoms with Crippen molar-refractivity contribution in [1.82, 2.24) is 0 Å². The minimum Gasteiger partial charge on any atom is -0.497 e. The lowest BCUT2D eigenvalue weighted by Crippen LogP contribution is -1.92. The Labute approximate surface area is 72.0 Å². The van der Waals surface area contributed by atoms with Crippen LogP contribution in [-0.4, -0.2) is 12.8 Å². The molecule has 1 aromatic carbocycles. The lowest BCUT2D eigenvalue weighted by Gasteiger charge is -2.00. The molecule has 1 rings (SSSR count). The highest BCUT2D eigenvalue weighted by atomic mass is 16.5. The van der Waals surface area contributed by atoms with Gasteiger partial charge in [0.1, 0.15) is 5.75 Å². The maximum atomic E-state index is 7.45. The molecular formula is C10H11NO. The quantitative estimate of drug-likeness (QED) is 0.677. The maximum absolute atomic E-state index is 7.45. The van der Waals surface area contributed by atoms with Gasteiger partial charge in [-0.1, -0.05) is 6.58 Å². The van der Waals surface area contributed by atoms with Gasteiger partial charge < -0.3 is 10.1 Å². The smallest absolute Gasteiger partial charge is 0.118 e. The van der Waals surface area contributed by atoms with Crippen LogP contribution in [-0.2, 0) is 0 Å². The Balaban J connectivity index is 2.91. The Hall–Kier alpha value is -1.57. The zero-order valence-electron chi connectivity index (χ0n) is 7.00. The predicted molar refractivity (Wildman–Crippen MR) is 50.0 cm³/mol. The summed E-state index contributed by atoms with van der Waals surface area (Å²) in [5, 5.41) is 7.45. The number of benzene rings is 1. The number of hydrogen-bond acceptors (Lipinski definition) is 2. The zero-order valence-corrected chi connectivity index (χ0v) is 7.00. The second-order valence-corrected chi connectivity index (χ2v) is 2.35. The topological polar surface area (TPSA) is 33.1 Å². The molecule has 0 amide bonds. The largest absolute Gasteiger partial charge is 0.497 e. The van der Waals surface area contributed by atoms with Crippen LogP contribution in [0.5, 0.6) is 5.75 Å². The van der Waals surface area contributed by atoms with Gasteiger partial charge in [0.2, 0.25) is 0 Å². The summed E-state index contributed by atoms with van der Waals surface area (Å²) >= 11 is 0. The lowest BCUT2D eigenvalue weighted by atomic mass is 10.1. The molecule has 0 aromatic heterocycles. The van der Waals surface area contributed by atoms with Crippen molar-refractivity contribution in [3.05, 3.63) is 42.5 Å². The van der Waals surface area contributed by atoms with Crippen LogP contribution in [0.4, 0.5) is 0 Å². The number of nitrogens with one attached hydrogen (secondary N) is 1. The van der Waals surface area contributed by atoms with Gasteiger partial charge in [0, 0.05) is 0 Å². The Bertz CT molecular complexity index is 287. The van der Waals surface area contributed by atoms with Crippen molar-refractivity contribution in [2.75, 3.05) is 7.11 Å². The highest BCUT2D eigenvalue weighted by molar-refractivity contribution is 6.06. The first kappa shape index (κ1) is 8.53. The summed E-state index contributed by atoms with van der Waals surface area (Å²) in [4.78, 5) is 0. The molecule has 0 heterocycles. The van der Waals surface area contributed by atoms with Gasteiger partial charge in [-0.15, -0.1) is 0 Å². The Kier molecular flexibility index (Phi) is 2.64. The lowest BCUT2D eigenvalue weighted by molar-refractivity contribution is 0.415. The normalized spacial score (nSPS) is 9.08. The molecule has 0 unspecified atom stereocenters. The van der Waals surface area contributed by atoms with E-state index in [1.807, 2.05) is 24.3 Å². The molecule has 12 heavy (non-hydrogen) atoms. The third kappa shape index (κ3) is 1.72. The van der Waals surface area contributed by atoms with E-state index < -0.39 is 0 Å². The average Bonchev–Trinajstić information content (AvgIpc) is 2.17. The number of methoxy groups -OCH3 is 1. The van der Waals surface area contributed by atoms with E-state index in [0.29, 0.717) is 5.71 Å². The van der Waals surface area contributed by atoms with E-state index in [2.05, 4.69) is 6.58 Å². The Morgan fingerprint density at radius 1 is 1.42 bits per heavy atom. The van der Waals surface area contributed by atoms with E-state index in [4.69, 9.17) is 10.1 Å². The van der Waals surface area contributed by atoms with E-state index in [0.717, 1.165) is 11.3 Å². The molecule has 0 atom stereocenters. The van der Waals surface area contributed by atoms with E-state index in [9.17, 15) is 0 Å². The fraction of sp³-hybridized carbons (Fsp3) is 0.100. The molecule has 0 fully saturated rings. The summed E-state index contributed by atoms with van der Waals surface area (Å²) < 4.78 is 4.99. The molecule has 0 aliphatic carbocycles. The van der Waals surface area contributed by atoms with Crippen molar-refractivity contribution in [2.24, 2.45) is 0 Å². The SMILES string of the molecule is C=CC(=N)c1ccc(OC)cc1. The molecule has 0 spiro atoms. The maximum Gasteiger partial charge on any atom is 0.118 e. The summed E-state index contributed by atoms with van der Waals surface area (Å²) in [6.45, 7) is 3.52. The summed E-state index contributed by atoms with van der Waals surface area (Å²) in [7, 11) is 1.62. The fourth-order valence-electron chi connectivity index (χ4n) is 0.888. The third-order valence-corrected chi connectivity index (χ3v) is 1.61. The van der Waals surface area contributed by atoms with Gasteiger partial charge in [-0.3, -0.25) is 0 Å². The highest BCUT2D eigenvalue weighted by Gasteiger charge is 1.95. The molecule has 0 saturated heterocycles. The van der Waals surface area contributed by atoms with Gasteiger partial charge in [0.25, 0.3) is 0 Å². The van der Waals surface area contributed by atoms with Crippen molar-refractivity contribution < 1.29 is 4.74 Å². The van der Waals surface area contributed by atoms with Crippen molar-refractivity contribution in [3.63, 3.8) is 0 Å². The van der Waals surface area contributed by atoms with E-state index >= 15 is 0 Å². The molecule has 0 saturated carbocycles. The molecule has 0 aliphatic heterocycles. The van der Waals surface area contributed by atoms with Crippen LogP contribution in [0.2, 0.25) is 0 Å². The second-order valence-electron chi connectivity index (χ2n) is 2.35. The van der Waals surface area contributed by atoms with Crippen LogP contribution in [0.1, 0.15) is 5.56 Å². The van der Waals surface area contributed by atoms with Crippen molar-refractivity contribution in [1.29, 1.82) is 5.41 Å². The monoisotopic (exact) mass is 161 g/mol. The Morgan fingerprint density at radius 3 is 2.42 bits per heavy atom. The van der Waals surface area contributed by atoms with Gasteiger partial charge in [0.15, 0.2) is 0 Å². The van der Waals surface area contributed by atoms with Crippen molar-refractivity contribution in [3.8, 4) is 5.75 Å². The molecule has 1 aromatic rings. The van der Waals surface area contributed by atoms with Crippen molar-refractivity contribution >= 4 is 5.71 Å². The van der Waals surface area contributed by atoms with E-state index in [1.165, 1.54) is 6.08 Å². The van der Waals surface area contributed by atoms with Gasteiger partial charge in [0.05, 0.1) is 12.8 Å². The summed E-state index contributed by atoms with van der Waals surface area (Å²) in [5.74, 6) is 0.801. The van der Waals surface area contributed by atoms with Crippen LogP contribution >= 0.6 is 0 Å². The van der Waals surface area contributed by atoms with Crippen LogP contribution < -0.4 is 4.74 Å². The van der Waals surface area contributed by atoms with Crippen LogP contribution in [0, 0.1) is 5.41 Å². The number of ether oxygens (including phenoxy) is 1. The van der Waals surface area contributed by atoms with Gasteiger partial charge in [-0.05, 0) is 35.9 Å². The molecule has 2 heteroatoms. The number of hydrogen-bond donors (Lipinski definition) is 1. The fourth-order valence-corrected chi connectivity index (χ4v) is 0.888. The van der Waals surface area contributed by atoms with Crippen LogP contribution in [0.15, 0.2) is 36.9 Å². The molecule has 0 bridgehead atoms. The van der Waals surface area contributed by atoms with Crippen LogP contribution in [0.25, 0.3) is 0 Å². The highest BCUT2D eigenvalue weighted by Crippen LogP contribution is 2.11. The first-order valence-corrected chi connectivity index (χ1v) is 3.63. The van der Waals surface area contributed by atoms with Crippen molar-refractivity contribution in [2.45, 2.75) is 0 Å². The molecule has 62 valence electrons. The van der Waals surface area contributed by atoms with E-state index in [-0.39, 0.29) is 0 Å². The summed E-state index contributed by atoms with van der Waals surface area (Å²) in [6, 6.07) is 7.33. The third-order valence-electron chi connectivity index (χ3n) is 1.61. The van der Waals surface area contributed by atoms with Gasteiger partial charge in [-0.25, -0.2) is 0 Å². The zero-order chi connectivity index (χ0) is 8.97. The first-order chi connectivity index (χ1) is 5.77. The molecule has 0 radical (unpaired) electrons. The average molecular weight is 161 g/mol. The standard InChI is InChI=1S/C10H11NO/c1-3-10(11)8-4-6-9(12-2)7-5-8/h3-7,11H,1H2,2H3. The minimum atomic E-state index is 0.428. The van der Waals surface area contributed by atoms with Crippen LogP contribution in [0.3, 0.4) is 0 Å². The summed E-state index contributed by atoms with van der Waals surface area (Å²) in [6.07, 6.45) is 1.52. The Morgan fingerprint density at radius 2 is 2.00 bits per heavy atom. The molecule has 0 aliphatic rings.